The van der Waals surface area contributed by atoms with Gasteiger partial charge in [0.25, 0.3) is 0 Å². The molecular weight excluding hydrogens is 457 g/mol. The average Bonchev–Trinajstić information content (AvgIpc) is 3.34. The van der Waals surface area contributed by atoms with Gasteiger partial charge in [-0.05, 0) is 44.4 Å². The molecule has 0 atom stereocenters. The highest BCUT2D eigenvalue weighted by Crippen LogP contribution is 2.30. The molecule has 2 aliphatic rings. The summed E-state index contributed by atoms with van der Waals surface area (Å²) < 4.78 is 15.3. The summed E-state index contributed by atoms with van der Waals surface area (Å²) in [5.74, 6) is 1.39. The number of hydrogen-bond acceptors (Lipinski definition) is 8. The first kappa shape index (κ1) is 22.8. The number of aromatic nitrogens is 5. The Bertz CT molecular complexity index is 1340. The summed E-state index contributed by atoms with van der Waals surface area (Å²) in [7, 11) is 4.28. The Labute approximate surface area is 209 Å². The molecule has 0 radical (unpaired) electrons. The Hall–Kier alpha value is -3.63. The number of likely N-dealkylation sites (N-methyl/N-ethyl adjacent to an activating group) is 2. The fourth-order valence-electron chi connectivity index (χ4n) is 4.76. The van der Waals surface area contributed by atoms with Crippen LogP contribution in [0, 0.1) is 5.82 Å². The molecule has 186 valence electrons. The van der Waals surface area contributed by atoms with Crippen molar-refractivity contribution in [2.75, 3.05) is 76.3 Å². The van der Waals surface area contributed by atoms with E-state index in [4.69, 9.17) is 20.1 Å². The Morgan fingerprint density at radius 1 is 0.750 bits per heavy atom. The Balaban J connectivity index is 1.40. The minimum Gasteiger partial charge on any atom is -0.353 e. The van der Waals surface area contributed by atoms with Crippen LogP contribution in [0.3, 0.4) is 0 Å². The maximum absolute atomic E-state index is 13.5. The predicted octanol–water partition coefficient (Wildman–Crippen LogP) is 2.50. The fourth-order valence-corrected chi connectivity index (χ4v) is 4.76. The summed E-state index contributed by atoms with van der Waals surface area (Å²) in [6.45, 7) is 7.65. The third-order valence-electron chi connectivity index (χ3n) is 7.12. The van der Waals surface area contributed by atoms with E-state index >= 15 is 0 Å². The van der Waals surface area contributed by atoms with Crippen LogP contribution in [0.1, 0.15) is 0 Å². The molecule has 0 unspecified atom stereocenters. The molecule has 10 heteroatoms. The van der Waals surface area contributed by atoms with Crippen LogP contribution in [0.25, 0.3) is 28.0 Å². The number of benzene rings is 1. The second kappa shape index (κ2) is 9.44. The van der Waals surface area contributed by atoms with Crippen LogP contribution >= 0.6 is 0 Å². The Morgan fingerprint density at radius 2 is 1.36 bits per heavy atom. The molecule has 0 bridgehead atoms. The van der Waals surface area contributed by atoms with Crippen LogP contribution in [0.4, 0.5) is 16.2 Å². The van der Waals surface area contributed by atoms with Gasteiger partial charge in [0.1, 0.15) is 11.6 Å². The van der Waals surface area contributed by atoms with E-state index in [0.29, 0.717) is 0 Å². The molecule has 0 aliphatic carbocycles. The molecule has 6 rings (SSSR count). The zero-order valence-electron chi connectivity index (χ0n) is 20.7. The van der Waals surface area contributed by atoms with Gasteiger partial charge >= 0.3 is 0 Å². The van der Waals surface area contributed by atoms with Crippen LogP contribution in [-0.2, 0) is 0 Å². The van der Waals surface area contributed by atoms with Gasteiger partial charge in [-0.3, -0.25) is 0 Å². The van der Waals surface area contributed by atoms with Crippen molar-refractivity contribution in [3.8, 4) is 22.4 Å². The van der Waals surface area contributed by atoms with Crippen molar-refractivity contribution in [3.63, 3.8) is 0 Å². The lowest BCUT2D eigenvalue weighted by Gasteiger charge is -2.33. The molecule has 3 aromatic heterocycles. The van der Waals surface area contributed by atoms with E-state index in [0.717, 1.165) is 92.2 Å². The first-order chi connectivity index (χ1) is 17.5. The topological polar surface area (TPSA) is 68.9 Å². The van der Waals surface area contributed by atoms with Crippen molar-refractivity contribution in [2.24, 2.45) is 0 Å². The highest BCUT2D eigenvalue weighted by Gasteiger charge is 2.21. The maximum atomic E-state index is 13.5. The smallest absolute Gasteiger partial charge is 0.225 e. The molecule has 5 heterocycles. The Kier molecular flexibility index (Phi) is 5.98. The van der Waals surface area contributed by atoms with Crippen molar-refractivity contribution in [2.45, 2.75) is 0 Å². The van der Waals surface area contributed by atoms with Gasteiger partial charge in [0.2, 0.25) is 5.95 Å². The monoisotopic (exact) mass is 487 g/mol. The molecule has 9 nitrogen and oxygen atoms in total. The van der Waals surface area contributed by atoms with Gasteiger partial charge < -0.3 is 19.6 Å². The van der Waals surface area contributed by atoms with Gasteiger partial charge in [0, 0.05) is 81.4 Å². The largest absolute Gasteiger partial charge is 0.353 e. The van der Waals surface area contributed by atoms with Gasteiger partial charge in [-0.15, -0.1) is 5.10 Å². The van der Waals surface area contributed by atoms with E-state index < -0.39 is 0 Å². The van der Waals surface area contributed by atoms with Crippen molar-refractivity contribution >= 4 is 17.4 Å². The molecule has 0 N–H and O–H groups in total. The van der Waals surface area contributed by atoms with Crippen molar-refractivity contribution in [1.29, 1.82) is 0 Å². The second-order valence-corrected chi connectivity index (χ2v) is 9.67. The van der Waals surface area contributed by atoms with Gasteiger partial charge in [0.15, 0.2) is 5.65 Å². The van der Waals surface area contributed by atoms with Crippen LogP contribution in [0.5, 0.6) is 0 Å². The molecule has 0 spiro atoms. The van der Waals surface area contributed by atoms with Crippen LogP contribution in [0.2, 0.25) is 0 Å². The molecule has 2 aliphatic heterocycles. The summed E-state index contributed by atoms with van der Waals surface area (Å²) >= 11 is 0. The van der Waals surface area contributed by atoms with Crippen molar-refractivity contribution in [3.05, 3.63) is 54.7 Å². The minimum atomic E-state index is -0.267. The van der Waals surface area contributed by atoms with E-state index in [1.165, 1.54) is 12.1 Å². The molecule has 2 fully saturated rings. The molecule has 1 aromatic carbocycles. The van der Waals surface area contributed by atoms with E-state index in [1.807, 2.05) is 23.1 Å². The summed E-state index contributed by atoms with van der Waals surface area (Å²) in [6, 6.07) is 8.48. The number of hydrogen-bond donors (Lipinski definition) is 0. The lowest BCUT2D eigenvalue weighted by Crippen LogP contribution is -2.45. The van der Waals surface area contributed by atoms with Crippen LogP contribution in [-0.4, -0.2) is 101 Å². The molecule has 2 saturated heterocycles. The summed E-state index contributed by atoms with van der Waals surface area (Å²) in [5.41, 5.74) is 4.14. The molecule has 0 amide bonds. The quantitative estimate of drug-likeness (QED) is 0.435. The number of nitrogens with zero attached hydrogens (tertiary/aromatic N) is 9. The number of anilines is 2. The highest BCUT2D eigenvalue weighted by molar-refractivity contribution is 5.81. The normalized spacial score (nSPS) is 17.8. The Morgan fingerprint density at radius 3 is 2.00 bits per heavy atom. The van der Waals surface area contributed by atoms with Gasteiger partial charge in [0.05, 0.1) is 11.9 Å². The van der Waals surface area contributed by atoms with Crippen LogP contribution < -0.4 is 9.80 Å². The lowest BCUT2D eigenvalue weighted by atomic mass is 10.1. The summed E-state index contributed by atoms with van der Waals surface area (Å²) in [6.07, 6.45) is 5.68. The second-order valence-electron chi connectivity index (χ2n) is 9.67. The number of piperazine rings is 2. The molecule has 0 saturated carbocycles. The SMILES string of the molecule is CN1CCN(c2cc(-c3cnc(N4CCN(C)CC4)nc3)c3nc(-c4ccc(F)cc4)cn3n2)CC1. The molecular formula is C26H30FN9. The van der Waals surface area contributed by atoms with Gasteiger partial charge in [-0.2, -0.15) is 0 Å². The first-order valence-electron chi connectivity index (χ1n) is 12.4. The lowest BCUT2D eigenvalue weighted by molar-refractivity contribution is 0.311. The van der Waals surface area contributed by atoms with E-state index in [1.54, 1.807) is 12.1 Å². The zero-order chi connectivity index (χ0) is 24.6. The minimum absolute atomic E-state index is 0.267. The number of fused-ring (bicyclic) bond motifs is 1. The third kappa shape index (κ3) is 4.49. The number of imidazole rings is 1. The van der Waals surface area contributed by atoms with E-state index in [-0.39, 0.29) is 5.82 Å². The van der Waals surface area contributed by atoms with E-state index in [2.05, 4.69) is 39.8 Å². The number of halogens is 1. The maximum Gasteiger partial charge on any atom is 0.225 e. The van der Waals surface area contributed by atoms with Crippen LogP contribution in [0.15, 0.2) is 48.9 Å². The zero-order valence-corrected chi connectivity index (χ0v) is 20.7. The highest BCUT2D eigenvalue weighted by atomic mass is 19.1. The standard InChI is InChI=1S/C26H30FN9/c1-32-7-11-34(12-8-32)24-15-22(20-16-28-26(29-17-20)35-13-9-33(2)10-14-35)25-30-23(18-36(25)31-24)19-3-5-21(27)6-4-19/h3-6,15-18H,7-14H2,1-2H3. The molecule has 36 heavy (non-hydrogen) atoms. The average molecular weight is 488 g/mol. The summed E-state index contributed by atoms with van der Waals surface area (Å²) in [4.78, 5) is 23.5. The summed E-state index contributed by atoms with van der Waals surface area (Å²) in [5, 5.41) is 4.91. The number of rotatable bonds is 4. The van der Waals surface area contributed by atoms with Crippen molar-refractivity contribution < 1.29 is 4.39 Å². The fraction of sp³-hybridized carbons (Fsp3) is 0.385. The van der Waals surface area contributed by atoms with Gasteiger partial charge in [-0.1, -0.05) is 0 Å². The van der Waals surface area contributed by atoms with Gasteiger partial charge in [-0.25, -0.2) is 23.9 Å². The third-order valence-corrected chi connectivity index (χ3v) is 7.12. The molecule has 4 aromatic rings. The van der Waals surface area contributed by atoms with Crippen molar-refractivity contribution in [1.82, 2.24) is 34.4 Å². The first-order valence-corrected chi connectivity index (χ1v) is 12.4. The van der Waals surface area contributed by atoms with E-state index in [9.17, 15) is 4.39 Å². The predicted molar refractivity (Wildman–Crippen MR) is 139 cm³/mol.